The first-order valence-corrected chi connectivity index (χ1v) is 9.72. The van der Waals surface area contributed by atoms with Crippen LogP contribution in [0, 0.1) is 6.92 Å². The minimum Gasteiger partial charge on any atom is -0.302 e. The number of aromatic nitrogens is 2. The predicted molar refractivity (Wildman–Crippen MR) is 103 cm³/mol. The Labute approximate surface area is 152 Å². The second-order valence-corrected chi connectivity index (χ2v) is 7.89. The van der Waals surface area contributed by atoms with Gasteiger partial charge in [0.1, 0.15) is 5.65 Å². The molecule has 4 rings (SSSR count). The maximum absolute atomic E-state index is 5.12. The summed E-state index contributed by atoms with van der Waals surface area (Å²) in [6, 6.07) is 12.9. The van der Waals surface area contributed by atoms with Crippen molar-refractivity contribution in [3.05, 3.63) is 69.6 Å². The van der Waals surface area contributed by atoms with Crippen LogP contribution in [0.1, 0.15) is 60.5 Å². The number of pyridine rings is 1. The largest absolute Gasteiger partial charge is 0.302 e. The Morgan fingerprint density at radius 1 is 1.12 bits per heavy atom. The van der Waals surface area contributed by atoms with E-state index in [0.29, 0.717) is 5.92 Å². The molecule has 124 valence electrons. The van der Waals surface area contributed by atoms with E-state index in [4.69, 9.17) is 4.98 Å². The van der Waals surface area contributed by atoms with Crippen molar-refractivity contribution in [2.24, 2.45) is 0 Å². The van der Waals surface area contributed by atoms with Crippen LogP contribution in [0.3, 0.4) is 0 Å². The van der Waals surface area contributed by atoms with E-state index in [-0.39, 0.29) is 0 Å². The zero-order valence-corrected chi connectivity index (χ0v) is 15.7. The molecule has 24 heavy (non-hydrogen) atoms. The molecule has 0 saturated heterocycles. The predicted octanol–water partition coefficient (Wildman–Crippen LogP) is 6.04. The fourth-order valence-corrected chi connectivity index (χ4v) is 4.55. The quantitative estimate of drug-likeness (QED) is 0.539. The van der Waals surface area contributed by atoms with E-state index in [9.17, 15) is 0 Å². The molecule has 2 heterocycles. The number of benzene rings is 1. The van der Waals surface area contributed by atoms with Gasteiger partial charge in [0, 0.05) is 23.0 Å². The number of hydrogen-bond donors (Lipinski definition) is 0. The summed E-state index contributed by atoms with van der Waals surface area (Å²) < 4.78 is 3.44. The van der Waals surface area contributed by atoms with Gasteiger partial charge in [0.05, 0.1) is 11.4 Å². The van der Waals surface area contributed by atoms with Crippen molar-refractivity contribution in [3.63, 3.8) is 0 Å². The first-order chi connectivity index (χ1) is 11.7. The van der Waals surface area contributed by atoms with E-state index in [1.807, 2.05) is 0 Å². The van der Waals surface area contributed by atoms with Gasteiger partial charge in [0.15, 0.2) is 0 Å². The van der Waals surface area contributed by atoms with Crippen LogP contribution in [0.15, 0.2) is 47.1 Å². The molecule has 3 aromatic rings. The maximum atomic E-state index is 5.12. The molecule has 2 nitrogen and oxygen atoms in total. The molecular formula is C21H23BrN2. The van der Waals surface area contributed by atoms with Crippen molar-refractivity contribution in [2.45, 2.75) is 51.4 Å². The summed E-state index contributed by atoms with van der Waals surface area (Å²) in [4.78, 5) is 5.12. The van der Waals surface area contributed by atoms with Crippen LogP contribution in [-0.4, -0.2) is 9.38 Å². The minimum atomic E-state index is 0.621. The van der Waals surface area contributed by atoms with Crippen molar-refractivity contribution < 1.29 is 0 Å². The van der Waals surface area contributed by atoms with Gasteiger partial charge in [0.2, 0.25) is 0 Å². The Bertz CT molecular complexity index is 845. The molecule has 0 atom stereocenters. The zero-order valence-electron chi connectivity index (χ0n) is 14.1. The number of imidazole rings is 1. The minimum absolute atomic E-state index is 0.621. The van der Waals surface area contributed by atoms with Crippen molar-refractivity contribution in [1.82, 2.24) is 9.38 Å². The molecule has 0 aliphatic heterocycles. The Kier molecular flexibility index (Phi) is 4.45. The third-order valence-electron chi connectivity index (χ3n) is 5.21. The lowest BCUT2D eigenvalue weighted by Gasteiger charge is -2.21. The lowest BCUT2D eigenvalue weighted by Crippen LogP contribution is -2.08. The summed E-state index contributed by atoms with van der Waals surface area (Å²) >= 11 is 3.66. The third kappa shape index (κ3) is 3.02. The molecule has 1 aliphatic carbocycles. The molecule has 0 N–H and O–H groups in total. The summed E-state index contributed by atoms with van der Waals surface area (Å²) in [6.45, 7) is 2.16. The number of halogens is 1. The van der Waals surface area contributed by atoms with Crippen molar-refractivity contribution >= 4 is 21.6 Å². The highest BCUT2D eigenvalue weighted by molar-refractivity contribution is 9.10. The fraction of sp³-hybridized carbons (Fsp3) is 0.381. The molecule has 0 radical (unpaired) electrons. The molecule has 0 spiro atoms. The molecule has 1 fully saturated rings. The smallest absolute Gasteiger partial charge is 0.140 e. The van der Waals surface area contributed by atoms with Crippen LogP contribution in [0.4, 0.5) is 0 Å². The van der Waals surface area contributed by atoms with Crippen LogP contribution in [0.5, 0.6) is 0 Å². The third-order valence-corrected chi connectivity index (χ3v) is 5.64. The first-order valence-electron chi connectivity index (χ1n) is 8.93. The average molecular weight is 383 g/mol. The number of fused-ring (bicyclic) bond motifs is 1. The molecule has 0 bridgehead atoms. The van der Waals surface area contributed by atoms with Gasteiger partial charge in [-0.1, -0.05) is 49.6 Å². The Morgan fingerprint density at radius 2 is 1.88 bits per heavy atom. The average Bonchev–Trinajstić information content (AvgIpc) is 2.95. The van der Waals surface area contributed by atoms with Gasteiger partial charge in [-0.25, -0.2) is 4.98 Å². The summed E-state index contributed by atoms with van der Waals surface area (Å²) in [7, 11) is 0. The van der Waals surface area contributed by atoms with Crippen LogP contribution in [0.2, 0.25) is 0 Å². The molecule has 1 saturated carbocycles. The van der Waals surface area contributed by atoms with Crippen molar-refractivity contribution in [3.8, 4) is 0 Å². The highest BCUT2D eigenvalue weighted by atomic mass is 79.9. The molecule has 2 aromatic heterocycles. The van der Waals surface area contributed by atoms with E-state index in [0.717, 1.165) is 16.5 Å². The summed E-state index contributed by atoms with van der Waals surface area (Å²) in [6.07, 6.45) is 9.75. The molecule has 0 amide bonds. The van der Waals surface area contributed by atoms with E-state index in [1.54, 1.807) is 0 Å². The lowest BCUT2D eigenvalue weighted by atomic mass is 9.85. The van der Waals surface area contributed by atoms with E-state index >= 15 is 0 Å². The molecule has 1 aromatic carbocycles. The van der Waals surface area contributed by atoms with Crippen LogP contribution < -0.4 is 0 Å². The zero-order chi connectivity index (χ0) is 16.5. The van der Waals surface area contributed by atoms with Gasteiger partial charge in [-0.2, -0.15) is 0 Å². The summed E-state index contributed by atoms with van der Waals surface area (Å²) in [5, 5.41) is 0. The number of nitrogens with zero attached hydrogens (tertiary/aromatic N) is 2. The molecule has 0 unspecified atom stereocenters. The van der Waals surface area contributed by atoms with Gasteiger partial charge in [-0.15, -0.1) is 0 Å². The first kappa shape index (κ1) is 15.9. The topological polar surface area (TPSA) is 17.3 Å². The van der Waals surface area contributed by atoms with Gasteiger partial charge >= 0.3 is 0 Å². The van der Waals surface area contributed by atoms with Crippen LogP contribution in [-0.2, 0) is 6.42 Å². The summed E-state index contributed by atoms with van der Waals surface area (Å²) in [5.41, 5.74) is 6.41. The Hall–Kier alpha value is -1.61. The normalized spacial score (nSPS) is 15.9. The van der Waals surface area contributed by atoms with E-state index in [2.05, 4.69) is 69.8 Å². The van der Waals surface area contributed by atoms with Gasteiger partial charge < -0.3 is 4.40 Å². The number of rotatable bonds is 3. The van der Waals surface area contributed by atoms with Gasteiger partial charge in [-0.05, 0) is 52.9 Å². The molecule has 1 aliphatic rings. The van der Waals surface area contributed by atoms with Gasteiger partial charge in [0.25, 0.3) is 0 Å². The highest BCUT2D eigenvalue weighted by Gasteiger charge is 2.24. The van der Waals surface area contributed by atoms with Crippen molar-refractivity contribution in [2.75, 3.05) is 0 Å². The van der Waals surface area contributed by atoms with Gasteiger partial charge in [-0.3, -0.25) is 0 Å². The number of aryl methyl sites for hydroxylation is 1. The standard InChI is InChI=1S/C21H23BrN2/c1-15-12-18(22)14-24-19(13-16-8-4-2-5-9-16)20(23-21(15)24)17-10-6-3-7-11-17/h2,4-5,8-9,12,14,17H,3,6-7,10-11,13H2,1H3. The van der Waals surface area contributed by atoms with Crippen LogP contribution in [0.25, 0.3) is 5.65 Å². The monoisotopic (exact) mass is 382 g/mol. The Morgan fingerprint density at radius 3 is 2.62 bits per heavy atom. The molecular weight excluding hydrogens is 360 g/mol. The van der Waals surface area contributed by atoms with Crippen molar-refractivity contribution in [1.29, 1.82) is 0 Å². The lowest BCUT2D eigenvalue weighted by molar-refractivity contribution is 0.436. The highest BCUT2D eigenvalue weighted by Crippen LogP contribution is 2.36. The maximum Gasteiger partial charge on any atom is 0.140 e. The Balaban J connectivity index is 1.86. The summed E-state index contributed by atoms with van der Waals surface area (Å²) in [5.74, 6) is 0.621. The number of hydrogen-bond acceptors (Lipinski definition) is 1. The second-order valence-electron chi connectivity index (χ2n) is 6.98. The SMILES string of the molecule is Cc1cc(Br)cn2c(Cc3ccccc3)c(C3CCCCC3)nc12. The fourth-order valence-electron chi connectivity index (χ4n) is 4.00. The van der Waals surface area contributed by atoms with Crippen LogP contribution >= 0.6 is 15.9 Å². The second kappa shape index (κ2) is 6.72. The van der Waals surface area contributed by atoms with E-state index in [1.165, 1.54) is 54.6 Å². The molecule has 3 heteroatoms. The van der Waals surface area contributed by atoms with E-state index < -0.39 is 0 Å².